The van der Waals surface area contributed by atoms with Crippen LogP contribution in [0.5, 0.6) is 0 Å². The van der Waals surface area contributed by atoms with Gasteiger partial charge in [-0.15, -0.1) is 0 Å². The molecule has 0 aromatic carbocycles. The molecule has 0 aliphatic carbocycles. The monoisotopic (exact) mass is 340 g/mol. The summed E-state index contributed by atoms with van der Waals surface area (Å²) in [4.78, 5) is 0. The van der Waals surface area contributed by atoms with Crippen molar-refractivity contribution in [1.82, 2.24) is 11.0 Å². The van der Waals surface area contributed by atoms with Gasteiger partial charge in [0, 0.05) is 0 Å². The van der Waals surface area contributed by atoms with Crippen molar-refractivity contribution in [2.45, 2.75) is 25.7 Å². The number of unbranched alkanes of at least 4 members (excludes halogenated alkanes) is 1. The summed E-state index contributed by atoms with van der Waals surface area (Å²) in [6, 6.07) is 0. The van der Waals surface area contributed by atoms with Crippen molar-refractivity contribution >= 4 is 47.0 Å². The molecule has 4 nitrogen and oxygen atoms in total. The predicted octanol–water partition coefficient (Wildman–Crippen LogP) is -0.910. The van der Waals surface area contributed by atoms with Gasteiger partial charge in [0.05, 0.1) is 0 Å². The molecule has 0 aromatic heterocycles. The molecular weight excluding hydrogens is 313 g/mol. The van der Waals surface area contributed by atoms with E-state index in [1.807, 2.05) is 0 Å². The zero-order chi connectivity index (χ0) is 11.2. The van der Waals surface area contributed by atoms with E-state index in [1.54, 1.807) is 0 Å². The molecule has 0 atom stereocenters. The van der Waals surface area contributed by atoms with Crippen molar-refractivity contribution in [2.24, 2.45) is 5.73 Å². The van der Waals surface area contributed by atoms with Crippen LogP contribution in [0.25, 0.3) is 0 Å². The maximum atomic E-state index is 5.40. The number of rotatable bonds is 12. The Labute approximate surface area is 127 Å². The first-order chi connectivity index (χ1) is 7.41. The van der Waals surface area contributed by atoms with E-state index in [-0.39, 0.29) is 0 Å². The molecule has 0 amide bonds. The molecule has 0 bridgehead atoms. The van der Waals surface area contributed by atoms with Gasteiger partial charge in [-0.1, -0.05) is 0 Å². The van der Waals surface area contributed by atoms with Gasteiger partial charge in [0.1, 0.15) is 0 Å². The van der Waals surface area contributed by atoms with E-state index < -0.39 is 0 Å². The van der Waals surface area contributed by atoms with E-state index in [1.165, 1.54) is 25.8 Å². The molecule has 0 heterocycles. The number of nitrogens with one attached hydrogen (secondary N) is 3. The Balaban J connectivity index is 2.81. The van der Waals surface area contributed by atoms with Crippen LogP contribution in [0.4, 0.5) is 0 Å². The topological polar surface area (TPSA) is 62.1 Å². The fourth-order valence-corrected chi connectivity index (χ4v) is 2.48. The number of hydrogen-bond acceptors (Lipinski definition) is 4. The fourth-order valence-electron chi connectivity index (χ4n) is 1.37. The molecule has 0 radical (unpaired) electrons. The third-order valence-electron chi connectivity index (χ3n) is 2.30. The Hall–Kier alpha value is 1.41. The Kier molecular flexibility index (Phi) is 16.9. The van der Waals surface area contributed by atoms with Gasteiger partial charge in [0.15, 0.2) is 0 Å². The Morgan fingerprint density at radius 3 is 1.80 bits per heavy atom. The van der Waals surface area contributed by atoms with E-state index in [0.29, 0.717) is 47.0 Å². The van der Waals surface area contributed by atoms with Crippen molar-refractivity contribution in [3.63, 3.8) is 0 Å². The van der Waals surface area contributed by atoms with Crippen LogP contribution in [-0.4, -0.2) is 86.2 Å². The molecule has 0 aromatic rings. The zero-order valence-corrected chi connectivity index (χ0v) is 16.4. The van der Waals surface area contributed by atoms with Crippen LogP contribution in [0.2, 0.25) is 0 Å². The summed E-state index contributed by atoms with van der Waals surface area (Å²) in [5.74, 6) is 0. The van der Waals surface area contributed by atoms with Gasteiger partial charge in [-0.05, 0) is 6.54 Å². The second-order valence-electron chi connectivity index (χ2n) is 3.81. The second-order valence-corrected chi connectivity index (χ2v) is 6.03. The van der Waals surface area contributed by atoms with Gasteiger partial charge in [-0.2, -0.15) is 0 Å². The zero-order valence-electron chi connectivity index (χ0n) is 10.1. The minimum atomic E-state index is 0.588. The van der Waals surface area contributed by atoms with Gasteiger partial charge in [0.2, 0.25) is 0 Å². The van der Waals surface area contributed by atoms with E-state index in [2.05, 4.69) is 11.0 Å². The first-order valence-corrected chi connectivity index (χ1v) is 9.32. The molecule has 0 fully saturated rings. The first kappa shape index (κ1) is 16.4. The van der Waals surface area contributed by atoms with Crippen LogP contribution in [0.15, 0.2) is 0 Å². The van der Waals surface area contributed by atoms with Gasteiger partial charge in [-0.3, -0.25) is 0 Å². The molecular formula is C10H26BaN4. The molecule has 15 heavy (non-hydrogen) atoms. The summed E-state index contributed by atoms with van der Waals surface area (Å²) in [5, 5.41) is 6.85. The first-order valence-electron chi connectivity index (χ1n) is 6.18. The molecule has 0 aliphatic rings. The molecule has 0 saturated heterocycles. The summed E-state index contributed by atoms with van der Waals surface area (Å²) in [7, 11) is 0. The fraction of sp³-hybridized carbons (Fsp3) is 1.00. The van der Waals surface area contributed by atoms with Gasteiger partial charge < -0.3 is 5.73 Å². The minimum absolute atomic E-state index is 0.588. The number of nitrogens with two attached hydrogens (primary N) is 1. The third-order valence-corrected chi connectivity index (χ3v) is 3.87. The Morgan fingerprint density at radius 2 is 1.27 bits per heavy atom. The number of hydrogen-bond donors (Lipinski definition) is 4. The van der Waals surface area contributed by atoms with E-state index in [0.717, 1.165) is 39.1 Å². The van der Waals surface area contributed by atoms with Crippen molar-refractivity contribution in [3.8, 4) is 0 Å². The van der Waals surface area contributed by atoms with E-state index in [4.69, 9.17) is 5.73 Å². The second kappa shape index (κ2) is 15.4. The third kappa shape index (κ3) is 15.4. The molecule has 0 aliphatic heterocycles. The molecule has 0 unspecified atom stereocenters. The molecule has 88 valence electrons. The molecule has 0 saturated carbocycles. The van der Waals surface area contributed by atoms with Crippen LogP contribution >= 0.6 is 0 Å². The van der Waals surface area contributed by atoms with E-state index >= 15 is 0 Å². The average molecular weight is 340 g/mol. The quantitative estimate of drug-likeness (QED) is 0.275. The van der Waals surface area contributed by atoms with Crippen LogP contribution in [-0.2, 0) is 0 Å². The van der Waals surface area contributed by atoms with E-state index in [9.17, 15) is 0 Å². The molecule has 0 rings (SSSR count). The summed E-state index contributed by atoms with van der Waals surface area (Å²) >= 11 is 0.588. The summed E-state index contributed by atoms with van der Waals surface area (Å²) in [6.07, 6.45) is 4.90. The summed E-state index contributed by atoms with van der Waals surface area (Å²) < 4.78 is 3.36. The Morgan fingerprint density at radius 1 is 0.733 bits per heavy atom. The van der Waals surface area contributed by atoms with Crippen molar-refractivity contribution in [1.29, 1.82) is 0 Å². The van der Waals surface area contributed by atoms with Crippen LogP contribution in [0.3, 0.4) is 0 Å². The predicted molar refractivity (Wildman–Crippen MR) is 68.4 cm³/mol. The van der Waals surface area contributed by atoms with Crippen molar-refractivity contribution < 1.29 is 0 Å². The average Bonchev–Trinajstić information content (AvgIpc) is 2.26. The van der Waals surface area contributed by atoms with Crippen molar-refractivity contribution in [3.05, 3.63) is 0 Å². The van der Waals surface area contributed by atoms with Gasteiger partial charge in [0.25, 0.3) is 0 Å². The summed E-state index contributed by atoms with van der Waals surface area (Å²) in [5.41, 5.74) is 5.40. The van der Waals surface area contributed by atoms with Crippen LogP contribution in [0, 0.1) is 0 Å². The molecule has 5 N–H and O–H groups in total. The SMILES string of the molecule is NCCCNCCCCNCCC[NH][BaH]. The molecule has 0 spiro atoms. The van der Waals surface area contributed by atoms with Crippen LogP contribution in [0.1, 0.15) is 25.7 Å². The molecule has 5 heteroatoms. The Bertz CT molecular complexity index is 102. The summed E-state index contributed by atoms with van der Waals surface area (Å²) in [6.45, 7) is 6.52. The van der Waals surface area contributed by atoms with Gasteiger partial charge >= 0.3 is 116 Å². The van der Waals surface area contributed by atoms with Gasteiger partial charge in [-0.25, -0.2) is 0 Å². The standard InChI is InChI=1S/C10H25N4.Ba.H/c11-5-3-9-13-7-1-2-8-14-10-4-6-12;;/h11,13-14H,1-10,12H2;;/q-1;+1;. The van der Waals surface area contributed by atoms with Crippen molar-refractivity contribution in [2.75, 3.05) is 39.3 Å². The normalized spacial score (nSPS) is 10.7. The maximum absolute atomic E-state index is 5.40. The van der Waals surface area contributed by atoms with Crippen LogP contribution < -0.4 is 16.7 Å².